The first-order valence-electron chi connectivity index (χ1n) is 9.23. The maximum Gasteiger partial charge on any atom is 0.244 e. The summed E-state index contributed by atoms with van der Waals surface area (Å²) in [6.45, 7) is 1.19. The van der Waals surface area contributed by atoms with Crippen molar-refractivity contribution in [2.45, 2.75) is 12.5 Å². The fraction of sp³-hybridized carbons (Fsp3) is 0.238. The number of para-hydroxylation sites is 2. The second-order valence-electron chi connectivity index (χ2n) is 6.98. The van der Waals surface area contributed by atoms with Crippen molar-refractivity contribution in [1.29, 1.82) is 0 Å². The number of thiophene rings is 2. The van der Waals surface area contributed by atoms with Crippen molar-refractivity contribution in [3.63, 3.8) is 0 Å². The highest BCUT2D eigenvalue weighted by atomic mass is 32.1. The highest BCUT2D eigenvalue weighted by molar-refractivity contribution is 7.10. The third-order valence-electron chi connectivity index (χ3n) is 5.29. The van der Waals surface area contributed by atoms with Crippen molar-refractivity contribution >= 4 is 45.9 Å². The van der Waals surface area contributed by atoms with Gasteiger partial charge in [0, 0.05) is 16.3 Å². The van der Waals surface area contributed by atoms with E-state index in [-0.39, 0.29) is 24.4 Å². The fourth-order valence-corrected chi connectivity index (χ4v) is 5.81. The summed E-state index contributed by atoms with van der Waals surface area (Å²) >= 11 is 3.52. The zero-order valence-electron chi connectivity index (χ0n) is 15.1. The van der Waals surface area contributed by atoms with E-state index < -0.39 is 0 Å². The van der Waals surface area contributed by atoms with Crippen LogP contribution in [0.15, 0.2) is 53.2 Å². The van der Waals surface area contributed by atoms with Crippen LogP contribution < -0.4 is 10.2 Å². The van der Waals surface area contributed by atoms with Crippen LogP contribution in [-0.2, 0) is 16.0 Å². The SMILES string of the molecule is O=C1CN(C(=O)CN2CCc3sccc3[C@H]2c2cccs2)c2ccccc2N1. The monoisotopic (exact) mass is 409 g/mol. The molecule has 3 aromatic rings. The Morgan fingerprint density at radius 3 is 2.86 bits per heavy atom. The van der Waals surface area contributed by atoms with Gasteiger partial charge in [-0.2, -0.15) is 0 Å². The van der Waals surface area contributed by atoms with Crippen molar-refractivity contribution in [2.75, 3.05) is 29.9 Å². The minimum absolute atomic E-state index is 0.0393. The lowest BCUT2D eigenvalue weighted by atomic mass is 9.98. The second-order valence-corrected chi connectivity index (χ2v) is 8.96. The van der Waals surface area contributed by atoms with Crippen LogP contribution in [0.25, 0.3) is 0 Å². The van der Waals surface area contributed by atoms with Gasteiger partial charge in [-0.3, -0.25) is 19.4 Å². The van der Waals surface area contributed by atoms with E-state index in [1.165, 1.54) is 15.3 Å². The first-order valence-corrected chi connectivity index (χ1v) is 11.0. The van der Waals surface area contributed by atoms with Gasteiger partial charge in [0.1, 0.15) is 6.54 Å². The Morgan fingerprint density at radius 2 is 2.00 bits per heavy atom. The summed E-state index contributed by atoms with van der Waals surface area (Å²) in [7, 11) is 0. The number of anilines is 2. The van der Waals surface area contributed by atoms with E-state index in [1.807, 2.05) is 24.3 Å². The maximum absolute atomic E-state index is 13.3. The molecule has 0 spiro atoms. The molecule has 0 aliphatic carbocycles. The Balaban J connectivity index is 1.44. The molecule has 4 heterocycles. The van der Waals surface area contributed by atoms with Crippen LogP contribution in [0, 0.1) is 0 Å². The summed E-state index contributed by atoms with van der Waals surface area (Å²) in [6, 6.07) is 14.0. The molecule has 5 rings (SSSR count). The summed E-state index contributed by atoms with van der Waals surface area (Å²) < 4.78 is 0. The number of rotatable bonds is 3. The number of carbonyl (C=O) groups excluding carboxylic acids is 2. The molecule has 5 nitrogen and oxygen atoms in total. The number of amides is 2. The van der Waals surface area contributed by atoms with Crippen LogP contribution >= 0.6 is 22.7 Å². The van der Waals surface area contributed by atoms with Gasteiger partial charge < -0.3 is 5.32 Å². The number of nitrogens with zero attached hydrogens (tertiary/aromatic N) is 2. The molecule has 2 aliphatic heterocycles. The van der Waals surface area contributed by atoms with Crippen molar-refractivity contribution in [1.82, 2.24) is 4.90 Å². The largest absolute Gasteiger partial charge is 0.323 e. The number of benzene rings is 1. The Morgan fingerprint density at radius 1 is 1.11 bits per heavy atom. The minimum atomic E-state index is -0.152. The Hall–Kier alpha value is -2.48. The number of hydrogen-bond acceptors (Lipinski definition) is 5. The van der Waals surface area contributed by atoms with Gasteiger partial charge in [-0.05, 0) is 47.0 Å². The molecule has 0 unspecified atom stereocenters. The van der Waals surface area contributed by atoms with Crippen molar-refractivity contribution in [3.05, 3.63) is 68.5 Å². The normalized spacial score (nSPS) is 19.1. The Bertz CT molecular complexity index is 1030. The second kappa shape index (κ2) is 7.16. The highest BCUT2D eigenvalue weighted by Crippen LogP contribution is 2.39. The van der Waals surface area contributed by atoms with Gasteiger partial charge in [0.25, 0.3) is 0 Å². The molecule has 1 atom stereocenters. The molecule has 142 valence electrons. The van der Waals surface area contributed by atoms with E-state index in [1.54, 1.807) is 27.6 Å². The lowest BCUT2D eigenvalue weighted by Crippen LogP contribution is -2.48. The topological polar surface area (TPSA) is 52.7 Å². The van der Waals surface area contributed by atoms with Gasteiger partial charge in [0.15, 0.2) is 0 Å². The van der Waals surface area contributed by atoms with Crippen molar-refractivity contribution in [2.24, 2.45) is 0 Å². The summed E-state index contributed by atoms with van der Waals surface area (Å²) in [5.41, 5.74) is 2.77. The fourth-order valence-electron chi connectivity index (χ4n) is 4.03. The lowest BCUT2D eigenvalue weighted by molar-refractivity contribution is -0.123. The van der Waals surface area contributed by atoms with E-state index in [4.69, 9.17) is 0 Å². The van der Waals surface area contributed by atoms with Gasteiger partial charge >= 0.3 is 0 Å². The van der Waals surface area contributed by atoms with Crippen LogP contribution in [0.3, 0.4) is 0 Å². The third kappa shape index (κ3) is 3.05. The Labute approximate surface area is 171 Å². The van der Waals surface area contributed by atoms with E-state index in [9.17, 15) is 9.59 Å². The smallest absolute Gasteiger partial charge is 0.244 e. The molecule has 0 fully saturated rings. The number of carbonyl (C=O) groups is 2. The van der Waals surface area contributed by atoms with Crippen LogP contribution in [0.2, 0.25) is 0 Å². The molecule has 2 amide bonds. The molecular weight excluding hydrogens is 390 g/mol. The van der Waals surface area contributed by atoms with Gasteiger partial charge in [-0.25, -0.2) is 0 Å². The first kappa shape index (κ1) is 17.6. The number of nitrogens with one attached hydrogen (secondary N) is 1. The molecule has 0 radical (unpaired) electrons. The molecule has 28 heavy (non-hydrogen) atoms. The molecular formula is C21H19N3O2S2. The van der Waals surface area contributed by atoms with Gasteiger partial charge in [0.05, 0.1) is 24.0 Å². The van der Waals surface area contributed by atoms with Crippen LogP contribution in [-0.4, -0.2) is 36.3 Å². The molecule has 2 aliphatic rings. The third-order valence-corrected chi connectivity index (χ3v) is 7.21. The predicted molar refractivity (Wildman–Crippen MR) is 113 cm³/mol. The van der Waals surface area contributed by atoms with E-state index >= 15 is 0 Å². The number of fused-ring (bicyclic) bond motifs is 2. The maximum atomic E-state index is 13.3. The van der Waals surface area contributed by atoms with E-state index in [2.05, 4.69) is 39.2 Å². The Kier molecular flexibility index (Phi) is 4.50. The minimum Gasteiger partial charge on any atom is -0.323 e. The van der Waals surface area contributed by atoms with Crippen molar-refractivity contribution < 1.29 is 9.59 Å². The molecule has 7 heteroatoms. The van der Waals surface area contributed by atoms with Gasteiger partial charge in [-0.1, -0.05) is 18.2 Å². The zero-order chi connectivity index (χ0) is 19.1. The predicted octanol–water partition coefficient (Wildman–Crippen LogP) is 3.74. The van der Waals surface area contributed by atoms with E-state index in [0.717, 1.165) is 18.7 Å². The summed E-state index contributed by atoms with van der Waals surface area (Å²) in [5.74, 6) is -0.192. The zero-order valence-corrected chi connectivity index (χ0v) is 16.8. The number of hydrogen-bond donors (Lipinski definition) is 1. The quantitative estimate of drug-likeness (QED) is 0.717. The summed E-state index contributed by atoms with van der Waals surface area (Å²) in [4.78, 5) is 31.9. The average molecular weight is 410 g/mol. The average Bonchev–Trinajstić information content (AvgIpc) is 3.39. The molecule has 0 bridgehead atoms. The van der Waals surface area contributed by atoms with Gasteiger partial charge in [-0.15, -0.1) is 22.7 Å². The standard InChI is InChI=1S/C21H19N3O2S2/c25-19-12-24(16-5-2-1-4-15(16)22-19)20(26)13-23-9-7-17-14(8-11-28-17)21(23)18-6-3-10-27-18/h1-6,8,10-11,21H,7,9,12-13H2,(H,22,25)/t21-/m0/s1. The molecule has 1 N–H and O–H groups in total. The molecule has 0 saturated carbocycles. The van der Waals surface area contributed by atoms with Crippen LogP contribution in [0.5, 0.6) is 0 Å². The lowest BCUT2D eigenvalue weighted by Gasteiger charge is -2.37. The van der Waals surface area contributed by atoms with E-state index in [0.29, 0.717) is 12.2 Å². The highest BCUT2D eigenvalue weighted by Gasteiger charge is 2.34. The molecule has 0 saturated heterocycles. The van der Waals surface area contributed by atoms with Crippen LogP contribution in [0.4, 0.5) is 11.4 Å². The van der Waals surface area contributed by atoms with Gasteiger partial charge in [0.2, 0.25) is 11.8 Å². The van der Waals surface area contributed by atoms with Crippen molar-refractivity contribution in [3.8, 4) is 0 Å². The van der Waals surface area contributed by atoms with Crippen LogP contribution in [0.1, 0.15) is 21.4 Å². The molecule has 2 aromatic heterocycles. The summed E-state index contributed by atoms with van der Waals surface area (Å²) in [6.07, 6.45) is 0.958. The molecule has 1 aromatic carbocycles. The summed E-state index contributed by atoms with van der Waals surface area (Å²) in [5, 5.41) is 7.07. The first-order chi connectivity index (χ1) is 13.7.